The number of benzene rings is 1. The van der Waals surface area contributed by atoms with Gasteiger partial charge in [-0.05, 0) is 37.1 Å². The van der Waals surface area contributed by atoms with Crippen molar-refractivity contribution in [1.82, 2.24) is 9.97 Å². The van der Waals surface area contributed by atoms with E-state index < -0.39 is 0 Å². The van der Waals surface area contributed by atoms with Gasteiger partial charge in [0, 0.05) is 11.8 Å². The number of methoxy groups -OCH3 is 2. The highest BCUT2D eigenvalue weighted by Crippen LogP contribution is 2.38. The zero-order chi connectivity index (χ0) is 14.0. The highest BCUT2D eigenvalue weighted by molar-refractivity contribution is 5.73. The van der Waals surface area contributed by atoms with E-state index in [1.54, 1.807) is 26.5 Å². The van der Waals surface area contributed by atoms with Gasteiger partial charge in [0.15, 0.2) is 0 Å². The highest BCUT2D eigenvalue weighted by Gasteiger charge is 2.16. The molecule has 0 saturated carbocycles. The Morgan fingerprint density at radius 1 is 1.11 bits per heavy atom. The summed E-state index contributed by atoms with van der Waals surface area (Å²) in [6.45, 7) is 3.99. The van der Waals surface area contributed by atoms with Gasteiger partial charge in [-0.25, -0.2) is 9.97 Å². The van der Waals surface area contributed by atoms with E-state index >= 15 is 0 Å². The lowest BCUT2D eigenvalue weighted by Gasteiger charge is -2.16. The molecule has 0 bridgehead atoms. The second-order valence-electron chi connectivity index (χ2n) is 4.21. The molecule has 0 fully saturated rings. The average molecular weight is 259 g/mol. The molecule has 2 N–H and O–H groups in total. The lowest BCUT2D eigenvalue weighted by atomic mass is 10.0. The number of nitrogens with two attached hydrogens (primary N) is 1. The molecule has 2 aromatic rings. The topological polar surface area (TPSA) is 70.3 Å². The molecule has 0 saturated heterocycles. The van der Waals surface area contributed by atoms with Crippen molar-refractivity contribution in [2.75, 3.05) is 20.0 Å². The predicted molar refractivity (Wildman–Crippen MR) is 74.5 cm³/mol. The molecule has 0 radical (unpaired) electrons. The first-order chi connectivity index (χ1) is 9.08. The maximum atomic E-state index is 5.63. The van der Waals surface area contributed by atoms with E-state index in [0.717, 1.165) is 28.2 Å². The van der Waals surface area contributed by atoms with Crippen LogP contribution in [0.3, 0.4) is 0 Å². The Morgan fingerprint density at radius 2 is 1.84 bits per heavy atom. The summed E-state index contributed by atoms with van der Waals surface area (Å²) in [4.78, 5) is 8.13. The molecule has 0 aliphatic carbocycles. The summed E-state index contributed by atoms with van der Waals surface area (Å²) in [7, 11) is 3.29. The van der Waals surface area contributed by atoms with Crippen molar-refractivity contribution in [2.45, 2.75) is 13.8 Å². The van der Waals surface area contributed by atoms with Crippen molar-refractivity contribution in [1.29, 1.82) is 0 Å². The van der Waals surface area contributed by atoms with Crippen molar-refractivity contribution in [3.63, 3.8) is 0 Å². The van der Waals surface area contributed by atoms with Crippen LogP contribution in [0.15, 0.2) is 18.3 Å². The number of nitrogens with zero attached hydrogens (tertiary/aromatic N) is 2. The van der Waals surface area contributed by atoms with Gasteiger partial charge in [-0.2, -0.15) is 0 Å². The van der Waals surface area contributed by atoms with Crippen LogP contribution in [0.5, 0.6) is 11.5 Å². The minimum Gasteiger partial charge on any atom is -0.496 e. The van der Waals surface area contributed by atoms with Gasteiger partial charge in [-0.3, -0.25) is 0 Å². The van der Waals surface area contributed by atoms with Gasteiger partial charge in [0.25, 0.3) is 0 Å². The molecule has 2 rings (SSSR count). The first kappa shape index (κ1) is 13.1. The molecule has 0 aliphatic heterocycles. The number of hydrogen-bond acceptors (Lipinski definition) is 5. The SMILES string of the molecule is COc1cc(-c2ccnc(N)n2)c(OC)c(C)c1C. The smallest absolute Gasteiger partial charge is 0.220 e. The number of nitrogen functional groups attached to an aromatic ring is 1. The molecule has 0 unspecified atom stereocenters. The van der Waals surface area contributed by atoms with Crippen molar-refractivity contribution in [3.8, 4) is 22.8 Å². The normalized spacial score (nSPS) is 10.3. The van der Waals surface area contributed by atoms with Crippen LogP contribution in [0, 0.1) is 13.8 Å². The summed E-state index contributed by atoms with van der Waals surface area (Å²) in [5.41, 5.74) is 9.26. The van der Waals surface area contributed by atoms with E-state index in [9.17, 15) is 0 Å². The Labute approximate surface area is 112 Å². The number of rotatable bonds is 3. The first-order valence-electron chi connectivity index (χ1n) is 5.89. The molecule has 5 nitrogen and oxygen atoms in total. The van der Waals surface area contributed by atoms with Crippen molar-refractivity contribution >= 4 is 5.95 Å². The quantitative estimate of drug-likeness (QED) is 0.916. The molecule has 0 spiro atoms. The monoisotopic (exact) mass is 259 g/mol. The third-order valence-electron chi connectivity index (χ3n) is 3.17. The lowest BCUT2D eigenvalue weighted by molar-refractivity contribution is 0.399. The Morgan fingerprint density at radius 3 is 2.42 bits per heavy atom. The molecule has 0 aliphatic rings. The van der Waals surface area contributed by atoms with Crippen LogP contribution >= 0.6 is 0 Å². The summed E-state index contributed by atoms with van der Waals surface area (Å²) in [5, 5.41) is 0. The second kappa shape index (κ2) is 5.14. The maximum absolute atomic E-state index is 5.63. The fourth-order valence-electron chi connectivity index (χ4n) is 2.05. The van der Waals surface area contributed by atoms with E-state index in [1.165, 1.54) is 0 Å². The molecular formula is C14H17N3O2. The Bertz CT molecular complexity index is 612. The largest absolute Gasteiger partial charge is 0.496 e. The zero-order valence-corrected chi connectivity index (χ0v) is 11.5. The van der Waals surface area contributed by atoms with Gasteiger partial charge in [0.2, 0.25) is 5.95 Å². The van der Waals surface area contributed by atoms with Crippen LogP contribution in [-0.2, 0) is 0 Å². The van der Waals surface area contributed by atoms with Crippen molar-refractivity contribution in [2.24, 2.45) is 0 Å². The number of aromatic nitrogens is 2. The van der Waals surface area contributed by atoms with Crippen LogP contribution in [0.2, 0.25) is 0 Å². The second-order valence-corrected chi connectivity index (χ2v) is 4.21. The molecule has 19 heavy (non-hydrogen) atoms. The van der Waals surface area contributed by atoms with E-state index in [4.69, 9.17) is 15.2 Å². The van der Waals surface area contributed by atoms with Crippen molar-refractivity contribution in [3.05, 3.63) is 29.5 Å². The Hall–Kier alpha value is -2.30. The summed E-state index contributed by atoms with van der Waals surface area (Å²) < 4.78 is 10.9. The highest BCUT2D eigenvalue weighted by atomic mass is 16.5. The van der Waals surface area contributed by atoms with Crippen LogP contribution in [0.4, 0.5) is 5.95 Å². The summed E-state index contributed by atoms with van der Waals surface area (Å²) in [6, 6.07) is 3.70. The van der Waals surface area contributed by atoms with Gasteiger partial charge in [0.1, 0.15) is 11.5 Å². The van der Waals surface area contributed by atoms with Gasteiger partial charge >= 0.3 is 0 Å². The van der Waals surface area contributed by atoms with Gasteiger partial charge in [-0.15, -0.1) is 0 Å². The first-order valence-corrected chi connectivity index (χ1v) is 5.89. The maximum Gasteiger partial charge on any atom is 0.220 e. The standard InChI is InChI=1S/C14H17N3O2/c1-8-9(2)13(19-4)10(7-12(8)18-3)11-5-6-16-14(15)17-11/h5-7H,1-4H3,(H2,15,16,17). The minimum atomic E-state index is 0.233. The average Bonchev–Trinajstić information content (AvgIpc) is 2.41. The summed E-state index contributed by atoms with van der Waals surface area (Å²) in [5.74, 6) is 1.80. The number of hydrogen-bond donors (Lipinski definition) is 1. The fraction of sp³-hybridized carbons (Fsp3) is 0.286. The molecule has 5 heteroatoms. The third-order valence-corrected chi connectivity index (χ3v) is 3.17. The Kier molecular flexibility index (Phi) is 3.55. The van der Waals surface area contributed by atoms with Crippen molar-refractivity contribution < 1.29 is 9.47 Å². The molecular weight excluding hydrogens is 242 g/mol. The third kappa shape index (κ3) is 2.31. The van der Waals surface area contributed by atoms with E-state index in [2.05, 4.69) is 9.97 Å². The predicted octanol–water partition coefficient (Wildman–Crippen LogP) is 2.36. The molecule has 0 amide bonds. The number of ether oxygens (including phenoxy) is 2. The Balaban J connectivity index is 2.71. The summed E-state index contributed by atoms with van der Waals surface area (Å²) >= 11 is 0. The van der Waals surface area contributed by atoms with Crippen LogP contribution in [0.25, 0.3) is 11.3 Å². The fourth-order valence-corrected chi connectivity index (χ4v) is 2.05. The molecule has 100 valence electrons. The summed E-state index contributed by atoms with van der Waals surface area (Å²) in [6.07, 6.45) is 1.62. The van der Waals surface area contributed by atoms with Gasteiger partial charge < -0.3 is 15.2 Å². The van der Waals surface area contributed by atoms with Crippen LogP contribution in [-0.4, -0.2) is 24.2 Å². The van der Waals surface area contributed by atoms with Crippen LogP contribution in [0.1, 0.15) is 11.1 Å². The van der Waals surface area contributed by atoms with Gasteiger partial charge in [-0.1, -0.05) is 0 Å². The molecule has 1 aromatic heterocycles. The lowest BCUT2D eigenvalue weighted by Crippen LogP contribution is -2.00. The minimum absolute atomic E-state index is 0.233. The molecule has 0 atom stereocenters. The zero-order valence-electron chi connectivity index (χ0n) is 11.5. The molecule has 1 heterocycles. The number of anilines is 1. The van der Waals surface area contributed by atoms with Gasteiger partial charge in [0.05, 0.1) is 19.9 Å². The molecule has 1 aromatic carbocycles. The van der Waals surface area contributed by atoms with E-state index in [0.29, 0.717) is 5.69 Å². The van der Waals surface area contributed by atoms with E-state index in [-0.39, 0.29) is 5.95 Å². The van der Waals surface area contributed by atoms with Crippen LogP contribution < -0.4 is 15.2 Å². The van der Waals surface area contributed by atoms with E-state index in [1.807, 2.05) is 19.9 Å².